The van der Waals surface area contributed by atoms with Crippen molar-refractivity contribution in [3.8, 4) is 11.1 Å². The van der Waals surface area contributed by atoms with Crippen molar-refractivity contribution in [1.29, 1.82) is 0 Å². The number of hydrogen-bond acceptors (Lipinski definition) is 6. The second kappa shape index (κ2) is 10.9. The predicted octanol–water partition coefficient (Wildman–Crippen LogP) is 1.41. The second-order valence-corrected chi connectivity index (χ2v) is 8.28. The lowest BCUT2D eigenvalue weighted by Crippen LogP contribution is -2.48. The molecule has 9 heteroatoms. The molecule has 0 radical (unpaired) electrons. The largest absolute Gasteiger partial charge is 0.480 e. The summed E-state index contributed by atoms with van der Waals surface area (Å²) in [4.78, 5) is 37.1. The third-order valence-corrected chi connectivity index (χ3v) is 5.43. The third kappa shape index (κ3) is 6.30. The Balaban J connectivity index is 1.46. The quantitative estimate of drug-likeness (QED) is 0.426. The van der Waals surface area contributed by atoms with Gasteiger partial charge in [0.25, 0.3) is 0 Å². The van der Waals surface area contributed by atoms with Gasteiger partial charge in [0.05, 0.1) is 12.5 Å². The number of aliphatic hydroxyl groups is 1. The van der Waals surface area contributed by atoms with Gasteiger partial charge in [0.15, 0.2) is 0 Å². The second-order valence-electron chi connectivity index (χ2n) is 8.28. The van der Waals surface area contributed by atoms with Crippen LogP contribution >= 0.6 is 0 Å². The number of aliphatic hydroxyl groups excluding tert-OH is 1. The maximum absolute atomic E-state index is 12.2. The monoisotopic (exact) mass is 455 g/mol. The summed E-state index contributed by atoms with van der Waals surface area (Å²) in [5.41, 5.74) is 4.43. The maximum atomic E-state index is 12.2. The van der Waals surface area contributed by atoms with E-state index < -0.39 is 30.1 Å². The van der Waals surface area contributed by atoms with Crippen molar-refractivity contribution in [2.45, 2.75) is 24.5 Å². The van der Waals surface area contributed by atoms with Gasteiger partial charge in [-0.05, 0) is 36.3 Å². The van der Waals surface area contributed by atoms with Crippen molar-refractivity contribution < 1.29 is 29.3 Å². The van der Waals surface area contributed by atoms with Crippen LogP contribution in [0.1, 0.15) is 23.5 Å². The highest BCUT2D eigenvalue weighted by Crippen LogP contribution is 2.44. The topological polar surface area (TPSA) is 128 Å². The Hall–Kier alpha value is -3.43. The molecular formula is C24H29N3O6. The molecule has 176 valence electrons. The lowest BCUT2D eigenvalue weighted by Gasteiger charge is -2.19. The Kier molecular flexibility index (Phi) is 8.02. The number of benzene rings is 2. The van der Waals surface area contributed by atoms with Crippen LogP contribution in [0.15, 0.2) is 48.5 Å². The summed E-state index contributed by atoms with van der Waals surface area (Å²) < 4.78 is 5.39. The summed E-state index contributed by atoms with van der Waals surface area (Å²) in [5.74, 6) is -1.86. The van der Waals surface area contributed by atoms with E-state index in [9.17, 15) is 24.6 Å². The normalized spacial score (nSPS) is 14.2. The van der Waals surface area contributed by atoms with Gasteiger partial charge in [-0.2, -0.15) is 0 Å². The summed E-state index contributed by atoms with van der Waals surface area (Å²) in [5, 5.41) is 24.0. The van der Waals surface area contributed by atoms with E-state index in [1.807, 2.05) is 48.5 Å². The molecule has 1 aliphatic rings. The zero-order valence-electron chi connectivity index (χ0n) is 18.7. The van der Waals surface area contributed by atoms with Crippen molar-refractivity contribution >= 4 is 18.0 Å². The highest BCUT2D eigenvalue weighted by molar-refractivity contribution is 5.84. The Morgan fingerprint density at radius 3 is 2.15 bits per heavy atom. The standard InChI is InChI=1S/C24H29N3O6/c1-27(2)13-21(23(30)31)26-22(29)11-15(28)12-25-24(32)33-14-20-18-9-5-3-7-16(18)17-8-4-6-10-19(17)20/h3-10,15,20-21,28H,11-14H2,1-2H3,(H,25,32)(H,26,29)(H,30,31)/t15?,21-/m0/s1. The summed E-state index contributed by atoms with van der Waals surface area (Å²) in [7, 11) is 3.38. The average Bonchev–Trinajstić information content (AvgIpc) is 3.09. The number of aliphatic carboxylic acids is 1. The van der Waals surface area contributed by atoms with Gasteiger partial charge in [-0.1, -0.05) is 48.5 Å². The van der Waals surface area contributed by atoms with Gasteiger partial charge in [-0.15, -0.1) is 0 Å². The first kappa shape index (κ1) is 24.2. The minimum absolute atomic E-state index is 0.0801. The van der Waals surface area contributed by atoms with E-state index in [1.165, 1.54) is 0 Å². The molecule has 0 fully saturated rings. The highest BCUT2D eigenvalue weighted by atomic mass is 16.5. The van der Waals surface area contributed by atoms with E-state index >= 15 is 0 Å². The number of amides is 2. The molecule has 0 aliphatic heterocycles. The van der Waals surface area contributed by atoms with Crippen molar-refractivity contribution in [3.63, 3.8) is 0 Å². The van der Waals surface area contributed by atoms with E-state index in [0.29, 0.717) is 0 Å². The smallest absolute Gasteiger partial charge is 0.407 e. The zero-order valence-corrected chi connectivity index (χ0v) is 18.7. The number of carbonyl (C=O) groups is 3. The predicted molar refractivity (Wildman–Crippen MR) is 122 cm³/mol. The number of alkyl carbamates (subject to hydrolysis) is 1. The summed E-state index contributed by atoms with van der Waals surface area (Å²) in [6.07, 6.45) is -2.23. The summed E-state index contributed by atoms with van der Waals surface area (Å²) in [6.45, 7) is 0.0615. The number of hydrogen-bond donors (Lipinski definition) is 4. The molecule has 3 rings (SSSR count). The Morgan fingerprint density at radius 2 is 1.61 bits per heavy atom. The van der Waals surface area contributed by atoms with Crippen molar-refractivity contribution in [2.75, 3.05) is 33.8 Å². The molecule has 2 aromatic rings. The van der Waals surface area contributed by atoms with Gasteiger partial charge in [-0.25, -0.2) is 9.59 Å². The van der Waals surface area contributed by atoms with Crippen LogP contribution in [0.2, 0.25) is 0 Å². The highest BCUT2D eigenvalue weighted by Gasteiger charge is 2.29. The van der Waals surface area contributed by atoms with E-state index in [2.05, 4.69) is 10.6 Å². The number of fused-ring (bicyclic) bond motifs is 3. The summed E-state index contributed by atoms with van der Waals surface area (Å²) in [6, 6.07) is 14.9. The van der Waals surface area contributed by atoms with Gasteiger partial charge in [0.2, 0.25) is 5.91 Å². The fourth-order valence-corrected chi connectivity index (χ4v) is 3.94. The molecule has 9 nitrogen and oxygen atoms in total. The van der Waals surface area contributed by atoms with Crippen molar-refractivity contribution in [2.24, 2.45) is 0 Å². The molecule has 1 aliphatic carbocycles. The molecule has 0 saturated heterocycles. The lowest BCUT2D eigenvalue weighted by molar-refractivity contribution is -0.142. The fraction of sp³-hybridized carbons (Fsp3) is 0.375. The number of likely N-dealkylation sites (N-methyl/N-ethyl adjacent to an activating group) is 1. The van der Waals surface area contributed by atoms with Gasteiger partial charge < -0.3 is 30.5 Å². The number of rotatable bonds is 10. The number of nitrogens with one attached hydrogen (secondary N) is 2. The number of nitrogens with zero attached hydrogens (tertiary/aromatic N) is 1. The third-order valence-electron chi connectivity index (χ3n) is 5.43. The summed E-state index contributed by atoms with van der Waals surface area (Å²) >= 11 is 0. The first-order valence-corrected chi connectivity index (χ1v) is 10.7. The molecule has 2 amide bonds. The first-order valence-electron chi connectivity index (χ1n) is 10.7. The van der Waals surface area contributed by atoms with Crippen LogP contribution in [-0.2, 0) is 14.3 Å². The van der Waals surface area contributed by atoms with Gasteiger partial charge in [0.1, 0.15) is 12.6 Å². The van der Waals surface area contributed by atoms with Gasteiger partial charge >= 0.3 is 12.1 Å². The molecule has 1 unspecified atom stereocenters. The Labute approximate surface area is 192 Å². The minimum atomic E-state index is -1.18. The maximum Gasteiger partial charge on any atom is 0.407 e. The molecule has 33 heavy (non-hydrogen) atoms. The molecule has 0 saturated carbocycles. The fourth-order valence-electron chi connectivity index (χ4n) is 3.94. The van der Waals surface area contributed by atoms with Crippen LogP contribution in [-0.4, -0.2) is 79.0 Å². The molecule has 2 aromatic carbocycles. The van der Waals surface area contributed by atoms with Crippen LogP contribution < -0.4 is 10.6 Å². The lowest BCUT2D eigenvalue weighted by atomic mass is 9.98. The van der Waals surface area contributed by atoms with Crippen LogP contribution in [0.3, 0.4) is 0 Å². The number of carboxylic acids is 1. The Morgan fingerprint density at radius 1 is 1.03 bits per heavy atom. The van der Waals surface area contributed by atoms with Crippen LogP contribution in [0, 0.1) is 0 Å². The first-order chi connectivity index (χ1) is 15.8. The number of ether oxygens (including phenoxy) is 1. The van der Waals surface area contributed by atoms with Crippen molar-refractivity contribution in [1.82, 2.24) is 15.5 Å². The van der Waals surface area contributed by atoms with Crippen LogP contribution in [0.5, 0.6) is 0 Å². The zero-order chi connectivity index (χ0) is 24.0. The van der Waals surface area contributed by atoms with E-state index in [4.69, 9.17) is 4.74 Å². The minimum Gasteiger partial charge on any atom is -0.480 e. The number of carbonyl (C=O) groups excluding carboxylic acids is 2. The number of carboxylic acid groups (broad SMARTS) is 1. The Bertz CT molecular complexity index is 964. The molecule has 2 atom stereocenters. The van der Waals surface area contributed by atoms with Gasteiger partial charge in [0, 0.05) is 19.0 Å². The molecule has 0 spiro atoms. The molecule has 0 bridgehead atoms. The molecule has 0 aromatic heterocycles. The van der Waals surface area contributed by atoms with Crippen molar-refractivity contribution in [3.05, 3.63) is 59.7 Å². The van der Waals surface area contributed by atoms with Crippen LogP contribution in [0.25, 0.3) is 11.1 Å². The molecular weight excluding hydrogens is 426 g/mol. The van der Waals surface area contributed by atoms with E-state index in [1.54, 1.807) is 19.0 Å². The van der Waals surface area contributed by atoms with Crippen LogP contribution in [0.4, 0.5) is 4.79 Å². The van der Waals surface area contributed by atoms with E-state index in [0.717, 1.165) is 22.3 Å². The van der Waals surface area contributed by atoms with Gasteiger partial charge in [-0.3, -0.25) is 4.79 Å². The average molecular weight is 456 g/mol. The van der Waals surface area contributed by atoms with E-state index in [-0.39, 0.29) is 32.0 Å². The molecule has 0 heterocycles. The molecule has 4 N–H and O–H groups in total. The SMILES string of the molecule is CN(C)C[C@H](NC(=O)CC(O)CNC(=O)OCC1c2ccccc2-c2ccccc21)C(=O)O.